The summed E-state index contributed by atoms with van der Waals surface area (Å²) in [6.07, 6.45) is 2.70. The van der Waals surface area contributed by atoms with Gasteiger partial charge >= 0.3 is 0 Å². The van der Waals surface area contributed by atoms with E-state index in [1.54, 1.807) is 0 Å². The topological polar surface area (TPSA) is 58.6 Å². The molecule has 0 aromatic heterocycles. The fourth-order valence-electron chi connectivity index (χ4n) is 1.77. The Labute approximate surface area is 90.4 Å². The Morgan fingerprint density at radius 3 is 2.57 bits per heavy atom. The van der Waals surface area contributed by atoms with Crippen LogP contribution in [-0.2, 0) is 9.53 Å². The lowest BCUT2D eigenvalue weighted by atomic mass is 9.77. The van der Waals surface area contributed by atoms with Crippen molar-refractivity contribution in [1.82, 2.24) is 5.32 Å². The Hall–Kier alpha value is -0.320. The van der Waals surface area contributed by atoms with E-state index in [0.717, 1.165) is 32.4 Å². The van der Waals surface area contributed by atoms with Gasteiger partial charge in [0.15, 0.2) is 0 Å². The second-order valence-corrected chi connectivity index (χ2v) is 3.63. The van der Waals surface area contributed by atoms with Gasteiger partial charge in [-0.1, -0.05) is 0 Å². The highest BCUT2D eigenvalue weighted by molar-refractivity contribution is 5.85. The molecule has 1 rings (SSSR count). The highest BCUT2D eigenvalue weighted by atomic mass is 35.5. The van der Waals surface area contributed by atoms with Gasteiger partial charge in [0.1, 0.15) is 0 Å². The fraction of sp³-hybridized carbons (Fsp3) is 0.889. The number of rotatable bonds is 5. The molecular weight excluding hydrogens is 206 g/mol. The van der Waals surface area contributed by atoms with Gasteiger partial charge in [0.05, 0.1) is 6.61 Å². The Balaban J connectivity index is 0.00000169. The minimum atomic E-state index is -0.0196. The molecule has 14 heavy (non-hydrogen) atoms. The average molecular weight is 224 g/mol. The van der Waals surface area contributed by atoms with Crippen LogP contribution in [0, 0.1) is 5.41 Å². The van der Waals surface area contributed by atoms with Crippen LogP contribution in [0.25, 0.3) is 0 Å². The van der Waals surface area contributed by atoms with E-state index in [-0.39, 0.29) is 24.4 Å². The first-order valence-corrected chi connectivity index (χ1v) is 4.70. The molecule has 0 bridgehead atoms. The zero-order chi connectivity index (χ0) is 9.57. The fourth-order valence-corrected chi connectivity index (χ4v) is 1.77. The lowest BCUT2D eigenvalue weighted by Gasteiger charge is -2.35. The number of piperidine rings is 1. The van der Waals surface area contributed by atoms with E-state index < -0.39 is 0 Å². The molecular formula is C9H18ClNO3. The van der Waals surface area contributed by atoms with Crippen LogP contribution in [0.3, 0.4) is 0 Å². The van der Waals surface area contributed by atoms with Crippen molar-refractivity contribution in [3.05, 3.63) is 0 Å². The van der Waals surface area contributed by atoms with Crippen molar-refractivity contribution in [2.45, 2.75) is 19.3 Å². The van der Waals surface area contributed by atoms with Gasteiger partial charge in [0.2, 0.25) is 0 Å². The second kappa shape index (κ2) is 7.04. The second-order valence-electron chi connectivity index (χ2n) is 3.63. The summed E-state index contributed by atoms with van der Waals surface area (Å²) in [6.45, 7) is 2.97. The molecule has 1 fully saturated rings. The summed E-state index contributed by atoms with van der Waals surface area (Å²) >= 11 is 0. The minimum absolute atomic E-state index is 0. The Morgan fingerprint density at radius 2 is 2.07 bits per heavy atom. The standard InChI is InChI=1S/C9H17NO3.ClH/c11-7-9(3-6-13-8-12)1-4-10-5-2-9;/h8,10-11H,1-7H2;1H. The van der Waals surface area contributed by atoms with Crippen molar-refractivity contribution in [2.75, 3.05) is 26.3 Å². The number of aliphatic hydroxyl groups excluding tert-OH is 1. The van der Waals surface area contributed by atoms with Crippen molar-refractivity contribution in [2.24, 2.45) is 5.41 Å². The molecule has 0 unspecified atom stereocenters. The maximum atomic E-state index is 9.94. The Bertz CT molecular complexity index is 160. The van der Waals surface area contributed by atoms with Crippen molar-refractivity contribution < 1.29 is 14.6 Å². The quantitative estimate of drug-likeness (QED) is 0.521. The van der Waals surface area contributed by atoms with Gasteiger partial charge in [-0.05, 0) is 37.8 Å². The first-order valence-electron chi connectivity index (χ1n) is 4.70. The van der Waals surface area contributed by atoms with Gasteiger partial charge in [0.25, 0.3) is 6.47 Å². The first kappa shape index (κ1) is 13.7. The van der Waals surface area contributed by atoms with Crippen LogP contribution >= 0.6 is 12.4 Å². The summed E-state index contributed by atoms with van der Waals surface area (Å²) in [5, 5.41) is 12.5. The van der Waals surface area contributed by atoms with Crippen LogP contribution in [0.2, 0.25) is 0 Å². The summed E-state index contributed by atoms with van der Waals surface area (Å²) in [5.74, 6) is 0. The number of halogens is 1. The zero-order valence-corrected chi connectivity index (χ0v) is 9.02. The third-order valence-electron chi connectivity index (χ3n) is 2.82. The van der Waals surface area contributed by atoms with E-state index in [0.29, 0.717) is 13.1 Å². The van der Waals surface area contributed by atoms with E-state index in [2.05, 4.69) is 10.1 Å². The molecule has 0 atom stereocenters. The maximum absolute atomic E-state index is 9.94. The number of hydrogen-bond acceptors (Lipinski definition) is 4. The molecule has 0 amide bonds. The molecule has 5 heteroatoms. The SMILES string of the molecule is Cl.O=COCCC1(CO)CCNCC1. The number of aliphatic hydroxyl groups is 1. The van der Waals surface area contributed by atoms with Crippen molar-refractivity contribution in [3.63, 3.8) is 0 Å². The molecule has 1 saturated heterocycles. The number of ether oxygens (including phenoxy) is 1. The van der Waals surface area contributed by atoms with E-state index in [1.165, 1.54) is 0 Å². The van der Waals surface area contributed by atoms with Gasteiger partial charge in [-0.3, -0.25) is 4.79 Å². The summed E-state index contributed by atoms with van der Waals surface area (Å²) in [7, 11) is 0. The van der Waals surface area contributed by atoms with Crippen molar-refractivity contribution in [3.8, 4) is 0 Å². The van der Waals surface area contributed by atoms with Gasteiger partial charge in [-0.15, -0.1) is 12.4 Å². The third-order valence-corrected chi connectivity index (χ3v) is 2.82. The van der Waals surface area contributed by atoms with Gasteiger partial charge in [0, 0.05) is 6.61 Å². The molecule has 2 N–H and O–H groups in total. The summed E-state index contributed by atoms with van der Waals surface area (Å²) in [6, 6.07) is 0. The van der Waals surface area contributed by atoms with E-state index in [1.807, 2.05) is 0 Å². The lowest BCUT2D eigenvalue weighted by molar-refractivity contribution is -0.129. The van der Waals surface area contributed by atoms with Gasteiger partial charge in [-0.25, -0.2) is 0 Å². The van der Waals surface area contributed by atoms with Crippen molar-refractivity contribution in [1.29, 1.82) is 0 Å². The lowest BCUT2D eigenvalue weighted by Crippen LogP contribution is -2.39. The summed E-state index contributed by atoms with van der Waals surface area (Å²) in [4.78, 5) is 9.94. The Kier molecular flexibility index (Phi) is 6.87. The molecule has 0 saturated carbocycles. The third kappa shape index (κ3) is 3.82. The van der Waals surface area contributed by atoms with E-state index in [4.69, 9.17) is 0 Å². The summed E-state index contributed by atoms with van der Waals surface area (Å²) in [5.41, 5.74) is -0.0196. The molecule has 0 spiro atoms. The van der Waals surface area contributed by atoms with Crippen LogP contribution in [0.15, 0.2) is 0 Å². The normalized spacial score (nSPS) is 19.5. The van der Waals surface area contributed by atoms with E-state index >= 15 is 0 Å². The van der Waals surface area contributed by atoms with Crippen LogP contribution in [0.5, 0.6) is 0 Å². The highest BCUT2D eigenvalue weighted by Gasteiger charge is 2.30. The molecule has 0 aromatic rings. The van der Waals surface area contributed by atoms with E-state index in [9.17, 15) is 9.90 Å². The van der Waals surface area contributed by atoms with Crippen LogP contribution in [-0.4, -0.2) is 37.9 Å². The molecule has 1 aliphatic rings. The van der Waals surface area contributed by atoms with Crippen LogP contribution < -0.4 is 5.32 Å². The van der Waals surface area contributed by atoms with Gasteiger partial charge in [-0.2, -0.15) is 0 Å². The predicted molar refractivity (Wildman–Crippen MR) is 55.5 cm³/mol. The molecule has 84 valence electrons. The first-order chi connectivity index (χ1) is 6.33. The number of carbonyl (C=O) groups excluding carboxylic acids is 1. The zero-order valence-electron chi connectivity index (χ0n) is 8.20. The number of hydrogen-bond donors (Lipinski definition) is 2. The highest BCUT2D eigenvalue weighted by Crippen LogP contribution is 2.31. The van der Waals surface area contributed by atoms with Crippen LogP contribution in [0.4, 0.5) is 0 Å². The van der Waals surface area contributed by atoms with Gasteiger partial charge < -0.3 is 15.2 Å². The van der Waals surface area contributed by atoms with Crippen molar-refractivity contribution >= 4 is 18.9 Å². The average Bonchev–Trinajstić information content (AvgIpc) is 2.20. The maximum Gasteiger partial charge on any atom is 0.293 e. The molecule has 1 aliphatic heterocycles. The minimum Gasteiger partial charge on any atom is -0.468 e. The molecule has 0 aliphatic carbocycles. The predicted octanol–water partition coefficient (Wildman–Crippen LogP) is 0.333. The summed E-state index contributed by atoms with van der Waals surface area (Å²) < 4.78 is 4.65. The molecule has 0 radical (unpaired) electrons. The van der Waals surface area contributed by atoms with Crippen LogP contribution in [0.1, 0.15) is 19.3 Å². The monoisotopic (exact) mass is 223 g/mol. The smallest absolute Gasteiger partial charge is 0.293 e. The largest absolute Gasteiger partial charge is 0.468 e. The Morgan fingerprint density at radius 1 is 1.43 bits per heavy atom. The molecule has 1 heterocycles. The molecule has 4 nitrogen and oxygen atoms in total. The number of nitrogens with one attached hydrogen (secondary N) is 1. The molecule has 0 aromatic carbocycles. The number of carbonyl (C=O) groups is 1.